The molecule has 5 nitrogen and oxygen atoms in total. The predicted octanol–water partition coefficient (Wildman–Crippen LogP) is 4.92. The van der Waals surface area contributed by atoms with Gasteiger partial charge in [-0.05, 0) is 42.7 Å². The number of hydrogen-bond acceptors (Lipinski definition) is 3. The van der Waals surface area contributed by atoms with Crippen LogP contribution in [0.1, 0.15) is 64.9 Å². The maximum absolute atomic E-state index is 12.9. The minimum Gasteiger partial charge on any atom is -0.352 e. The van der Waals surface area contributed by atoms with Gasteiger partial charge in [0.25, 0.3) is 5.91 Å². The van der Waals surface area contributed by atoms with E-state index in [-0.39, 0.29) is 16.7 Å². The number of rotatable bonds is 6. The predicted molar refractivity (Wildman–Crippen MR) is 114 cm³/mol. The zero-order chi connectivity index (χ0) is 20.2. The van der Waals surface area contributed by atoms with Crippen LogP contribution < -0.4 is 5.32 Å². The zero-order valence-electron chi connectivity index (χ0n) is 16.2. The Bertz CT molecular complexity index is 1040. The average Bonchev–Trinajstić information content (AvgIpc) is 3.18. The van der Waals surface area contributed by atoms with Crippen molar-refractivity contribution < 1.29 is 9.59 Å². The average molecular weight is 410 g/mol. The first kappa shape index (κ1) is 19.6. The Morgan fingerprint density at radius 3 is 2.76 bits per heavy atom. The first-order valence-corrected chi connectivity index (χ1v) is 10.6. The Hall–Kier alpha value is -2.66. The molecule has 1 fully saturated rings. The molecule has 0 saturated heterocycles. The smallest absolute Gasteiger partial charge is 0.251 e. The fourth-order valence-corrected chi connectivity index (χ4v) is 4.31. The van der Waals surface area contributed by atoms with Gasteiger partial charge in [0.2, 0.25) is 5.78 Å². The van der Waals surface area contributed by atoms with Crippen molar-refractivity contribution in [2.24, 2.45) is 5.92 Å². The van der Waals surface area contributed by atoms with E-state index < -0.39 is 0 Å². The van der Waals surface area contributed by atoms with Crippen molar-refractivity contribution in [2.45, 2.75) is 38.5 Å². The standard InChI is InChI=1S/C23H24ClN3O2/c24-19-14-17(23(29)25-12-11-16-6-2-1-3-7-16)9-10-18(19)22(28)20-15-26-21-8-4-5-13-27(20)21/h4-5,8-10,13-16H,1-3,6-7,11-12H2,(H,25,29). The van der Waals surface area contributed by atoms with Crippen molar-refractivity contribution in [2.75, 3.05) is 6.54 Å². The fraction of sp³-hybridized carbons (Fsp3) is 0.348. The van der Waals surface area contributed by atoms with Gasteiger partial charge in [-0.3, -0.25) is 14.0 Å². The van der Waals surface area contributed by atoms with Gasteiger partial charge in [-0.25, -0.2) is 4.98 Å². The van der Waals surface area contributed by atoms with Crippen LogP contribution in [-0.2, 0) is 0 Å². The second-order valence-corrected chi connectivity index (χ2v) is 8.05. The van der Waals surface area contributed by atoms with Crippen molar-refractivity contribution in [3.8, 4) is 0 Å². The van der Waals surface area contributed by atoms with Crippen molar-refractivity contribution in [3.05, 3.63) is 70.6 Å². The Kier molecular flexibility index (Phi) is 5.95. The number of nitrogens with one attached hydrogen (secondary N) is 1. The number of carbonyl (C=O) groups excluding carboxylic acids is 2. The number of imidazole rings is 1. The van der Waals surface area contributed by atoms with Gasteiger partial charge >= 0.3 is 0 Å². The van der Waals surface area contributed by atoms with Crippen LogP contribution in [0, 0.1) is 5.92 Å². The molecule has 0 aliphatic heterocycles. The lowest BCUT2D eigenvalue weighted by Crippen LogP contribution is -2.26. The molecule has 0 atom stereocenters. The van der Waals surface area contributed by atoms with E-state index in [2.05, 4.69) is 10.3 Å². The molecule has 1 N–H and O–H groups in total. The number of carbonyl (C=O) groups is 2. The topological polar surface area (TPSA) is 63.5 Å². The summed E-state index contributed by atoms with van der Waals surface area (Å²) in [6.07, 6.45) is 10.8. The molecule has 0 spiro atoms. The molecule has 0 radical (unpaired) electrons. The van der Waals surface area contributed by atoms with E-state index in [1.165, 1.54) is 32.1 Å². The van der Waals surface area contributed by atoms with E-state index >= 15 is 0 Å². The van der Waals surface area contributed by atoms with Crippen LogP contribution in [0.15, 0.2) is 48.8 Å². The third-order valence-electron chi connectivity index (χ3n) is 5.69. The summed E-state index contributed by atoms with van der Waals surface area (Å²) in [5.74, 6) is 0.340. The van der Waals surface area contributed by atoms with Crippen LogP contribution in [-0.4, -0.2) is 27.6 Å². The lowest BCUT2D eigenvalue weighted by molar-refractivity contribution is 0.0948. The molecule has 1 aromatic carbocycles. The van der Waals surface area contributed by atoms with Crippen LogP contribution in [0.4, 0.5) is 0 Å². The van der Waals surface area contributed by atoms with Crippen LogP contribution in [0.3, 0.4) is 0 Å². The van der Waals surface area contributed by atoms with E-state index in [9.17, 15) is 9.59 Å². The molecule has 29 heavy (non-hydrogen) atoms. The number of fused-ring (bicyclic) bond motifs is 1. The molecule has 0 bridgehead atoms. The molecule has 1 aliphatic carbocycles. The molecule has 1 amide bonds. The van der Waals surface area contributed by atoms with Crippen molar-refractivity contribution in [3.63, 3.8) is 0 Å². The Morgan fingerprint density at radius 2 is 1.97 bits per heavy atom. The van der Waals surface area contributed by atoms with Crippen LogP contribution in [0.2, 0.25) is 5.02 Å². The Balaban J connectivity index is 1.43. The third kappa shape index (κ3) is 4.35. The molecule has 150 valence electrons. The summed E-state index contributed by atoms with van der Waals surface area (Å²) in [6, 6.07) is 10.4. The molecular formula is C23H24ClN3O2. The molecule has 2 heterocycles. The fourth-order valence-electron chi connectivity index (χ4n) is 4.05. The van der Waals surface area contributed by atoms with Crippen LogP contribution in [0.25, 0.3) is 5.65 Å². The highest BCUT2D eigenvalue weighted by Crippen LogP contribution is 2.26. The van der Waals surface area contributed by atoms with E-state index in [1.54, 1.807) is 35.0 Å². The molecular weight excluding hydrogens is 386 g/mol. The van der Waals surface area contributed by atoms with Gasteiger partial charge in [-0.1, -0.05) is 49.8 Å². The maximum atomic E-state index is 12.9. The minimum absolute atomic E-state index is 0.156. The largest absolute Gasteiger partial charge is 0.352 e. The summed E-state index contributed by atoms with van der Waals surface area (Å²) >= 11 is 6.36. The van der Waals surface area contributed by atoms with E-state index in [0.29, 0.717) is 29.0 Å². The van der Waals surface area contributed by atoms with Gasteiger partial charge < -0.3 is 5.32 Å². The van der Waals surface area contributed by atoms with Crippen LogP contribution in [0.5, 0.6) is 0 Å². The summed E-state index contributed by atoms with van der Waals surface area (Å²) in [5, 5.41) is 3.24. The van der Waals surface area contributed by atoms with Gasteiger partial charge in [0.15, 0.2) is 0 Å². The van der Waals surface area contributed by atoms with Gasteiger partial charge in [-0.2, -0.15) is 0 Å². The summed E-state index contributed by atoms with van der Waals surface area (Å²) in [5.41, 5.74) is 1.96. The summed E-state index contributed by atoms with van der Waals surface area (Å²) in [6.45, 7) is 0.670. The van der Waals surface area contributed by atoms with Gasteiger partial charge in [-0.15, -0.1) is 0 Å². The normalized spacial score (nSPS) is 14.8. The number of ketones is 1. The van der Waals surface area contributed by atoms with Gasteiger partial charge in [0.1, 0.15) is 11.3 Å². The van der Waals surface area contributed by atoms with Crippen molar-refractivity contribution >= 4 is 28.9 Å². The van der Waals surface area contributed by atoms with E-state index in [4.69, 9.17) is 11.6 Å². The van der Waals surface area contributed by atoms with Crippen LogP contribution >= 0.6 is 11.6 Å². The lowest BCUT2D eigenvalue weighted by atomic mass is 9.87. The molecule has 1 saturated carbocycles. The molecule has 1 aliphatic rings. The molecule has 4 rings (SSSR count). The first-order chi connectivity index (χ1) is 14.1. The molecule has 6 heteroatoms. The monoisotopic (exact) mass is 409 g/mol. The first-order valence-electron chi connectivity index (χ1n) is 10.2. The van der Waals surface area contributed by atoms with Gasteiger partial charge in [0.05, 0.1) is 11.2 Å². The second-order valence-electron chi connectivity index (χ2n) is 7.64. The minimum atomic E-state index is -0.224. The Morgan fingerprint density at radius 1 is 1.14 bits per heavy atom. The van der Waals surface area contributed by atoms with E-state index in [0.717, 1.165) is 12.3 Å². The Labute approximate surface area is 175 Å². The number of amides is 1. The summed E-state index contributed by atoms with van der Waals surface area (Å²) in [7, 11) is 0. The lowest BCUT2D eigenvalue weighted by Gasteiger charge is -2.21. The highest BCUT2D eigenvalue weighted by molar-refractivity contribution is 6.35. The second kappa shape index (κ2) is 8.78. The van der Waals surface area contributed by atoms with Crippen molar-refractivity contribution in [1.82, 2.24) is 14.7 Å². The molecule has 3 aromatic rings. The molecule has 0 unspecified atom stereocenters. The summed E-state index contributed by atoms with van der Waals surface area (Å²) in [4.78, 5) is 29.6. The quantitative estimate of drug-likeness (QED) is 0.588. The summed E-state index contributed by atoms with van der Waals surface area (Å²) < 4.78 is 1.73. The number of halogens is 1. The number of benzene rings is 1. The number of nitrogens with zero attached hydrogens (tertiary/aromatic N) is 2. The highest BCUT2D eigenvalue weighted by atomic mass is 35.5. The number of hydrogen-bond donors (Lipinski definition) is 1. The van der Waals surface area contributed by atoms with E-state index in [1.807, 2.05) is 18.2 Å². The third-order valence-corrected chi connectivity index (χ3v) is 6.00. The number of pyridine rings is 1. The SMILES string of the molecule is O=C(NCCC1CCCCC1)c1ccc(C(=O)c2cnc3ccccn23)c(Cl)c1. The maximum Gasteiger partial charge on any atom is 0.251 e. The van der Waals surface area contributed by atoms with Gasteiger partial charge in [0, 0.05) is 23.9 Å². The number of aromatic nitrogens is 2. The molecule has 2 aromatic heterocycles. The highest BCUT2D eigenvalue weighted by Gasteiger charge is 2.19. The van der Waals surface area contributed by atoms with Crippen molar-refractivity contribution in [1.29, 1.82) is 0 Å². The zero-order valence-corrected chi connectivity index (χ0v) is 17.0.